The van der Waals surface area contributed by atoms with Gasteiger partial charge in [-0.05, 0) is 60.6 Å². The molecule has 4 rings (SSSR count). The van der Waals surface area contributed by atoms with E-state index in [1.54, 1.807) is 6.08 Å². The zero-order valence-electron chi connectivity index (χ0n) is 24.0. The van der Waals surface area contributed by atoms with Crippen LogP contribution in [-0.2, 0) is 22.4 Å². The average molecular weight is 548 g/mol. The van der Waals surface area contributed by atoms with Crippen LogP contribution in [0.4, 0.5) is 5.69 Å². The van der Waals surface area contributed by atoms with E-state index >= 15 is 0 Å². The Labute approximate surface area is 244 Å². The first-order chi connectivity index (χ1) is 20.1. The molecule has 1 aliphatic heterocycles. The number of anilines is 1. The van der Waals surface area contributed by atoms with Crippen molar-refractivity contribution < 1.29 is 14.4 Å². The smallest absolute Gasteiger partial charge is 0.258 e. The summed E-state index contributed by atoms with van der Waals surface area (Å²) in [4.78, 5) is 37.0. The highest BCUT2D eigenvalue weighted by Gasteiger charge is 2.24. The second-order valence-corrected chi connectivity index (χ2v) is 10.9. The maximum Gasteiger partial charge on any atom is 0.258 e. The molecule has 1 aliphatic rings. The molecular weight excluding hydrogens is 506 g/mol. The van der Waals surface area contributed by atoms with Gasteiger partial charge in [-0.1, -0.05) is 124 Å². The number of carbonyl (C=O) groups is 3. The first kappa shape index (κ1) is 29.9. The molecule has 3 aromatic rings. The van der Waals surface area contributed by atoms with Gasteiger partial charge in [0.2, 0.25) is 0 Å². The normalized spacial score (nSPS) is 13.0. The minimum Gasteiger partial charge on any atom is -0.289 e. The molecular formula is C37H41NO3. The van der Waals surface area contributed by atoms with Crippen LogP contribution in [-0.4, -0.2) is 17.6 Å². The highest BCUT2D eigenvalue weighted by molar-refractivity contribution is 6.28. The van der Waals surface area contributed by atoms with Crippen molar-refractivity contribution in [1.29, 1.82) is 0 Å². The van der Waals surface area contributed by atoms with Gasteiger partial charge in [-0.25, -0.2) is 4.90 Å². The van der Waals surface area contributed by atoms with Crippen molar-refractivity contribution >= 4 is 29.4 Å². The quantitative estimate of drug-likeness (QED) is 0.0735. The Morgan fingerprint density at radius 3 is 1.54 bits per heavy atom. The van der Waals surface area contributed by atoms with Gasteiger partial charge in [0.25, 0.3) is 11.8 Å². The topological polar surface area (TPSA) is 54.5 Å². The van der Waals surface area contributed by atoms with Gasteiger partial charge in [-0.15, -0.1) is 0 Å². The zero-order valence-corrected chi connectivity index (χ0v) is 24.0. The van der Waals surface area contributed by atoms with Crippen LogP contribution in [0.5, 0.6) is 0 Å². The van der Waals surface area contributed by atoms with E-state index in [2.05, 4.69) is 24.3 Å². The number of allylic oxidation sites excluding steroid dienone is 1. The van der Waals surface area contributed by atoms with E-state index in [-0.39, 0.29) is 17.6 Å². The fourth-order valence-corrected chi connectivity index (χ4v) is 5.20. The van der Waals surface area contributed by atoms with Gasteiger partial charge >= 0.3 is 0 Å². The first-order valence-corrected chi connectivity index (χ1v) is 15.1. The number of rotatable bonds is 17. The Morgan fingerprint density at radius 1 is 0.561 bits per heavy atom. The molecule has 0 unspecified atom stereocenters. The average Bonchev–Trinajstić information content (AvgIpc) is 3.35. The lowest BCUT2D eigenvalue weighted by Crippen LogP contribution is -2.29. The number of amides is 2. The SMILES string of the molecule is O=C(C=Cc1ccc(CCCCCCCCCCCCc2ccc(N3C(=O)C=CC3=O)cc2)cc1)c1ccccc1. The number of imide groups is 1. The summed E-state index contributed by atoms with van der Waals surface area (Å²) in [6, 6.07) is 25.7. The van der Waals surface area contributed by atoms with E-state index in [9.17, 15) is 14.4 Å². The maximum atomic E-state index is 12.2. The molecule has 0 atom stereocenters. The maximum absolute atomic E-state index is 12.2. The van der Waals surface area contributed by atoms with Crippen LogP contribution in [0.2, 0.25) is 0 Å². The number of hydrogen-bond donors (Lipinski definition) is 0. The summed E-state index contributed by atoms with van der Waals surface area (Å²) < 4.78 is 0. The van der Waals surface area contributed by atoms with E-state index in [1.165, 1.54) is 92.4 Å². The van der Waals surface area contributed by atoms with Crippen LogP contribution in [0, 0.1) is 0 Å². The molecule has 0 radical (unpaired) electrons. The summed E-state index contributed by atoms with van der Waals surface area (Å²) in [6.45, 7) is 0. The molecule has 0 spiro atoms. The van der Waals surface area contributed by atoms with Crippen LogP contribution in [0.25, 0.3) is 6.08 Å². The van der Waals surface area contributed by atoms with E-state index in [0.29, 0.717) is 11.3 Å². The zero-order chi connectivity index (χ0) is 28.7. The van der Waals surface area contributed by atoms with Gasteiger partial charge in [0, 0.05) is 17.7 Å². The predicted octanol–water partition coefficient (Wildman–Crippen LogP) is 8.70. The molecule has 1 heterocycles. The van der Waals surface area contributed by atoms with Crippen molar-refractivity contribution in [2.75, 3.05) is 4.90 Å². The van der Waals surface area contributed by atoms with Crippen LogP contribution in [0.1, 0.15) is 91.3 Å². The number of carbonyl (C=O) groups excluding carboxylic acids is 3. The molecule has 41 heavy (non-hydrogen) atoms. The van der Waals surface area contributed by atoms with Crippen molar-refractivity contribution in [2.45, 2.75) is 77.0 Å². The Balaban J connectivity index is 0.977. The molecule has 0 saturated carbocycles. The largest absolute Gasteiger partial charge is 0.289 e. The monoisotopic (exact) mass is 547 g/mol. The van der Waals surface area contributed by atoms with E-state index in [1.807, 2.05) is 60.7 Å². The number of unbranched alkanes of at least 4 members (excludes halogenated alkanes) is 9. The molecule has 3 aromatic carbocycles. The van der Waals surface area contributed by atoms with Crippen molar-refractivity contribution in [2.24, 2.45) is 0 Å². The number of benzene rings is 3. The second kappa shape index (κ2) is 16.3. The lowest BCUT2D eigenvalue weighted by Gasteiger charge is -2.14. The van der Waals surface area contributed by atoms with Crippen LogP contribution in [0.3, 0.4) is 0 Å². The minimum atomic E-state index is -0.270. The minimum absolute atomic E-state index is 0.0321. The van der Waals surface area contributed by atoms with Crippen LogP contribution >= 0.6 is 0 Å². The molecule has 2 amide bonds. The van der Waals surface area contributed by atoms with Gasteiger partial charge in [-0.3, -0.25) is 14.4 Å². The highest BCUT2D eigenvalue weighted by Crippen LogP contribution is 2.21. The Bertz CT molecular complexity index is 1300. The third-order valence-electron chi connectivity index (χ3n) is 7.65. The predicted molar refractivity (Wildman–Crippen MR) is 168 cm³/mol. The van der Waals surface area contributed by atoms with E-state index in [0.717, 1.165) is 18.4 Å². The van der Waals surface area contributed by atoms with Crippen LogP contribution in [0.15, 0.2) is 97.1 Å². The Morgan fingerprint density at radius 2 is 1.02 bits per heavy atom. The number of hydrogen-bond acceptors (Lipinski definition) is 3. The lowest BCUT2D eigenvalue weighted by molar-refractivity contribution is -0.119. The van der Waals surface area contributed by atoms with Crippen molar-refractivity contribution in [1.82, 2.24) is 0 Å². The first-order valence-electron chi connectivity index (χ1n) is 15.1. The molecule has 0 aliphatic carbocycles. The fraction of sp³-hybridized carbons (Fsp3) is 0.324. The molecule has 0 bridgehead atoms. The van der Waals surface area contributed by atoms with Gasteiger partial charge in [0.1, 0.15) is 0 Å². The molecule has 0 saturated heterocycles. The lowest BCUT2D eigenvalue weighted by atomic mass is 10.0. The van der Waals surface area contributed by atoms with Gasteiger partial charge in [-0.2, -0.15) is 0 Å². The van der Waals surface area contributed by atoms with Crippen molar-refractivity contribution in [3.8, 4) is 0 Å². The van der Waals surface area contributed by atoms with E-state index < -0.39 is 0 Å². The fourth-order valence-electron chi connectivity index (χ4n) is 5.20. The summed E-state index contributed by atoms with van der Waals surface area (Å²) in [7, 11) is 0. The number of nitrogens with zero attached hydrogens (tertiary/aromatic N) is 1. The summed E-state index contributed by atoms with van der Waals surface area (Å²) in [5, 5.41) is 0. The van der Waals surface area contributed by atoms with Crippen molar-refractivity contribution in [3.63, 3.8) is 0 Å². The molecule has 0 aromatic heterocycles. The van der Waals surface area contributed by atoms with E-state index in [4.69, 9.17) is 0 Å². The summed E-state index contributed by atoms with van der Waals surface area (Å²) >= 11 is 0. The molecule has 4 heteroatoms. The Hall–Kier alpha value is -4.05. The molecule has 0 fully saturated rings. The number of aryl methyl sites for hydroxylation is 2. The van der Waals surface area contributed by atoms with Gasteiger partial charge < -0.3 is 0 Å². The third kappa shape index (κ3) is 9.82. The highest BCUT2D eigenvalue weighted by atomic mass is 16.2. The standard InChI is InChI=1S/C37H41NO3/c39-35(33-16-12-9-13-17-33)27-24-32-20-18-30(19-21-32)14-10-7-5-3-1-2-4-6-8-11-15-31-22-25-34(26-23-31)38-36(40)28-29-37(38)41/h9,12-13,16-29H,1-8,10-11,14-15H2. The molecule has 212 valence electrons. The Kier molecular flexibility index (Phi) is 11.9. The van der Waals surface area contributed by atoms with Crippen molar-refractivity contribution in [3.05, 3.63) is 119 Å². The number of ketones is 1. The third-order valence-corrected chi connectivity index (χ3v) is 7.65. The summed E-state index contributed by atoms with van der Waals surface area (Å²) in [6.07, 6.45) is 21.1. The second-order valence-electron chi connectivity index (χ2n) is 10.9. The summed E-state index contributed by atoms with van der Waals surface area (Å²) in [5.74, 6) is -0.508. The van der Waals surface area contributed by atoms with Crippen LogP contribution < -0.4 is 4.90 Å². The summed E-state index contributed by atoms with van der Waals surface area (Å²) in [5.41, 5.74) is 5.03. The van der Waals surface area contributed by atoms with Gasteiger partial charge in [0.15, 0.2) is 5.78 Å². The molecule has 0 N–H and O–H groups in total. The molecule has 4 nitrogen and oxygen atoms in total. The van der Waals surface area contributed by atoms with Gasteiger partial charge in [0.05, 0.1) is 5.69 Å².